The predicted octanol–water partition coefficient (Wildman–Crippen LogP) is 6.84. The normalized spacial score (nSPS) is 23.7. The van der Waals surface area contributed by atoms with Gasteiger partial charge in [-0.05, 0) is 76.1 Å². The summed E-state index contributed by atoms with van der Waals surface area (Å²) < 4.78 is 20.8. The second-order valence-electron chi connectivity index (χ2n) is 13.1. The summed E-state index contributed by atoms with van der Waals surface area (Å²) in [4.78, 5) is 54.8. The van der Waals surface area contributed by atoms with Gasteiger partial charge in [-0.15, -0.1) is 0 Å². The van der Waals surface area contributed by atoms with Crippen molar-refractivity contribution in [2.75, 3.05) is 0 Å². The van der Waals surface area contributed by atoms with Crippen LogP contribution in [-0.4, -0.2) is 46.4 Å². The molecule has 2 N–H and O–H groups in total. The molecule has 5 rings (SSSR count). The van der Waals surface area contributed by atoms with Crippen LogP contribution in [0.4, 0.5) is 9.18 Å². The van der Waals surface area contributed by atoms with Crippen LogP contribution in [0.15, 0.2) is 36.4 Å². The number of fused-ring (bicyclic) bond motifs is 1. The maximum Gasteiger partial charge on any atom is 0.407 e. The molecule has 0 radical (unpaired) electrons. The summed E-state index contributed by atoms with van der Waals surface area (Å²) >= 11 is 12.8. The number of carbonyl (C=O) groups is 4. The van der Waals surface area contributed by atoms with Crippen molar-refractivity contribution in [3.63, 3.8) is 0 Å². The second kappa shape index (κ2) is 11.7. The van der Waals surface area contributed by atoms with Gasteiger partial charge in [0.15, 0.2) is 0 Å². The summed E-state index contributed by atoms with van der Waals surface area (Å²) in [5.74, 6) is -2.61. The first-order chi connectivity index (χ1) is 20.2. The van der Waals surface area contributed by atoms with E-state index in [0.717, 1.165) is 30.6 Å². The van der Waals surface area contributed by atoms with Gasteiger partial charge in [-0.25, -0.2) is 9.18 Å². The number of alkyl carbamates (subject to hydrolysis) is 1. The molecule has 2 aliphatic carbocycles. The van der Waals surface area contributed by atoms with E-state index in [0.29, 0.717) is 0 Å². The van der Waals surface area contributed by atoms with Gasteiger partial charge in [0.1, 0.15) is 11.4 Å². The molecule has 0 spiro atoms. The molecule has 1 heterocycles. The van der Waals surface area contributed by atoms with Crippen LogP contribution >= 0.6 is 23.2 Å². The van der Waals surface area contributed by atoms with Crippen LogP contribution < -0.4 is 10.6 Å². The van der Waals surface area contributed by atoms with Gasteiger partial charge in [-0.1, -0.05) is 55.1 Å². The topological polar surface area (TPSA) is 105 Å². The van der Waals surface area contributed by atoms with Crippen molar-refractivity contribution in [1.29, 1.82) is 0 Å². The molecule has 2 aromatic rings. The van der Waals surface area contributed by atoms with Gasteiger partial charge in [-0.2, -0.15) is 0 Å². The Hall–Kier alpha value is -3.17. The summed E-state index contributed by atoms with van der Waals surface area (Å²) in [5, 5.41) is 6.12. The molecule has 3 aliphatic rings. The van der Waals surface area contributed by atoms with E-state index in [2.05, 4.69) is 10.6 Å². The van der Waals surface area contributed by atoms with E-state index in [9.17, 15) is 19.2 Å². The molecule has 0 saturated heterocycles. The lowest BCUT2D eigenvalue weighted by atomic mass is 9.76. The Morgan fingerprint density at radius 2 is 1.63 bits per heavy atom. The van der Waals surface area contributed by atoms with Crippen LogP contribution in [-0.2, 0) is 9.53 Å². The number of ether oxygens (including phenoxy) is 1. The van der Waals surface area contributed by atoms with Crippen LogP contribution in [0.2, 0.25) is 10.0 Å². The summed E-state index contributed by atoms with van der Waals surface area (Å²) in [6.45, 7) is 7.18. The Balaban J connectivity index is 1.45. The molecule has 2 aromatic carbocycles. The molecule has 4 amide bonds. The molecule has 4 atom stereocenters. The summed E-state index contributed by atoms with van der Waals surface area (Å²) in [7, 11) is 0. The largest absolute Gasteiger partial charge is 0.444 e. The quantitative estimate of drug-likeness (QED) is 0.268. The van der Waals surface area contributed by atoms with E-state index in [1.54, 1.807) is 45.0 Å². The third-order valence-corrected chi connectivity index (χ3v) is 9.68. The number of amides is 4. The maximum atomic E-state index is 15.3. The van der Waals surface area contributed by atoms with E-state index in [1.807, 2.05) is 6.92 Å². The van der Waals surface area contributed by atoms with Crippen LogP contribution in [0.25, 0.3) is 0 Å². The smallest absolute Gasteiger partial charge is 0.407 e. The highest BCUT2D eigenvalue weighted by atomic mass is 35.5. The average molecular weight is 633 g/mol. The van der Waals surface area contributed by atoms with Crippen LogP contribution in [0.3, 0.4) is 0 Å². The van der Waals surface area contributed by atoms with Crippen molar-refractivity contribution in [2.24, 2.45) is 11.3 Å². The van der Waals surface area contributed by atoms with E-state index in [1.165, 1.54) is 12.1 Å². The van der Waals surface area contributed by atoms with Crippen molar-refractivity contribution >= 4 is 47.0 Å². The molecule has 43 heavy (non-hydrogen) atoms. The molecular weight excluding hydrogens is 596 g/mol. The first-order valence-corrected chi connectivity index (χ1v) is 15.4. The highest BCUT2D eigenvalue weighted by Crippen LogP contribution is 2.50. The third-order valence-electron chi connectivity index (χ3n) is 8.86. The SMILES string of the molecule is CC(C)(C)OC(=O)N[C@@H]1CC(C(=O)N[C@H](c2c(F)ccc(Cl)c2Cl)C2(C)CCCC2)C[C@@H]1N1C(=O)c2ccccc2C1=O. The number of rotatable bonds is 6. The lowest BCUT2D eigenvalue weighted by molar-refractivity contribution is -0.126. The Morgan fingerprint density at radius 1 is 1.02 bits per heavy atom. The van der Waals surface area contributed by atoms with Crippen molar-refractivity contribution < 1.29 is 28.3 Å². The van der Waals surface area contributed by atoms with E-state index >= 15 is 4.39 Å². The Kier molecular flexibility index (Phi) is 8.53. The van der Waals surface area contributed by atoms with Gasteiger partial charge in [0.2, 0.25) is 5.91 Å². The summed E-state index contributed by atoms with van der Waals surface area (Å²) in [6, 6.07) is 6.84. The van der Waals surface area contributed by atoms with Gasteiger partial charge in [0, 0.05) is 11.5 Å². The minimum atomic E-state index is -0.803. The van der Waals surface area contributed by atoms with Crippen LogP contribution in [0.5, 0.6) is 0 Å². The molecule has 2 fully saturated rings. The minimum absolute atomic E-state index is 0.0554. The van der Waals surface area contributed by atoms with Crippen LogP contribution in [0.1, 0.15) is 98.5 Å². The third kappa shape index (κ3) is 6.11. The highest BCUT2D eigenvalue weighted by molar-refractivity contribution is 6.42. The average Bonchev–Trinajstić information content (AvgIpc) is 3.62. The number of halogens is 3. The first-order valence-electron chi connectivity index (χ1n) is 14.6. The number of hydrogen-bond donors (Lipinski definition) is 2. The zero-order valence-electron chi connectivity index (χ0n) is 24.6. The van der Waals surface area contributed by atoms with Crippen LogP contribution in [0, 0.1) is 17.2 Å². The molecule has 1 unspecified atom stereocenters. The molecule has 11 heteroatoms. The lowest BCUT2D eigenvalue weighted by Crippen LogP contribution is -2.51. The van der Waals surface area contributed by atoms with Crippen molar-refractivity contribution in [2.45, 2.75) is 89.9 Å². The lowest BCUT2D eigenvalue weighted by Gasteiger charge is -2.36. The van der Waals surface area contributed by atoms with Crippen molar-refractivity contribution in [3.05, 3.63) is 69.0 Å². The maximum absolute atomic E-state index is 15.3. The first kappa shape index (κ1) is 31.3. The van der Waals surface area contributed by atoms with E-state index in [4.69, 9.17) is 27.9 Å². The van der Waals surface area contributed by atoms with Crippen molar-refractivity contribution in [3.8, 4) is 0 Å². The number of carbonyl (C=O) groups excluding carboxylic acids is 4. The molecule has 1 aliphatic heterocycles. The molecular formula is C32H36Cl2FN3O5. The Morgan fingerprint density at radius 3 is 2.21 bits per heavy atom. The van der Waals surface area contributed by atoms with E-state index < -0.39 is 58.8 Å². The molecule has 8 nitrogen and oxygen atoms in total. The zero-order chi connectivity index (χ0) is 31.3. The predicted molar refractivity (Wildman–Crippen MR) is 160 cm³/mol. The van der Waals surface area contributed by atoms with Gasteiger partial charge >= 0.3 is 6.09 Å². The molecule has 0 bridgehead atoms. The fourth-order valence-corrected chi connectivity index (χ4v) is 7.20. The number of nitrogens with zero attached hydrogens (tertiary/aromatic N) is 1. The molecule has 0 aromatic heterocycles. The Bertz CT molecular complexity index is 1430. The fraction of sp³-hybridized carbons (Fsp3) is 0.500. The highest BCUT2D eigenvalue weighted by Gasteiger charge is 2.50. The van der Waals surface area contributed by atoms with Gasteiger partial charge < -0.3 is 15.4 Å². The number of imide groups is 1. The molecule has 230 valence electrons. The standard InChI is InChI=1S/C32H36Cl2FN3O5/c1-31(2,3)43-30(42)36-22-15-17(16-23(22)38-28(40)18-9-5-6-10-19(18)29(38)41)27(39)37-26(32(4)13-7-8-14-32)24-21(35)12-11-20(33)25(24)34/h5-6,9-12,17,22-23,26H,7-8,13-16H2,1-4H3,(H,36,42)(H,37,39)/t17?,22-,23+,26-/m1/s1. The Labute approximate surface area is 260 Å². The van der Waals surface area contributed by atoms with Crippen molar-refractivity contribution in [1.82, 2.24) is 15.5 Å². The monoisotopic (exact) mass is 631 g/mol. The van der Waals surface area contributed by atoms with Gasteiger partial charge in [0.25, 0.3) is 11.8 Å². The number of benzene rings is 2. The molecule has 2 saturated carbocycles. The second-order valence-corrected chi connectivity index (χ2v) is 13.9. The summed E-state index contributed by atoms with van der Waals surface area (Å²) in [6.07, 6.45) is 2.89. The fourth-order valence-electron chi connectivity index (χ4n) is 6.77. The van der Waals surface area contributed by atoms with Gasteiger partial charge in [0.05, 0.1) is 39.3 Å². The van der Waals surface area contributed by atoms with Gasteiger partial charge in [-0.3, -0.25) is 19.3 Å². The zero-order valence-corrected chi connectivity index (χ0v) is 26.2. The summed E-state index contributed by atoms with van der Waals surface area (Å²) in [5.41, 5.74) is -0.562. The van der Waals surface area contributed by atoms with E-state index in [-0.39, 0.29) is 45.5 Å². The minimum Gasteiger partial charge on any atom is -0.444 e. The number of nitrogens with one attached hydrogen (secondary N) is 2. The number of hydrogen-bond acceptors (Lipinski definition) is 5.